The number of fused-ring (bicyclic) bond motifs is 1. The lowest BCUT2D eigenvalue weighted by atomic mass is 9.96. The van der Waals surface area contributed by atoms with E-state index in [1.807, 2.05) is 30.3 Å². The number of morpholine rings is 1. The minimum absolute atomic E-state index is 0.0891. The van der Waals surface area contributed by atoms with E-state index in [1.54, 1.807) is 17.7 Å². The number of hydrogen-bond donors (Lipinski definition) is 1. The Hall–Kier alpha value is -3.23. The van der Waals surface area contributed by atoms with Gasteiger partial charge in [-0.05, 0) is 52.2 Å². The van der Waals surface area contributed by atoms with E-state index in [0.717, 1.165) is 36.4 Å². The van der Waals surface area contributed by atoms with Crippen molar-refractivity contribution in [1.82, 2.24) is 30.0 Å². The number of rotatable bonds is 5. The molecule has 5 rings (SSSR count). The molecule has 3 heterocycles. The van der Waals surface area contributed by atoms with Crippen molar-refractivity contribution in [2.24, 2.45) is 0 Å². The zero-order valence-electron chi connectivity index (χ0n) is 18.9. The van der Waals surface area contributed by atoms with Gasteiger partial charge in [-0.15, -0.1) is 5.10 Å². The predicted octanol–water partition coefficient (Wildman–Crippen LogP) is 1.77. The molecule has 2 aliphatic rings. The van der Waals surface area contributed by atoms with E-state index in [1.165, 1.54) is 12.4 Å². The molecule has 0 spiro atoms. The van der Waals surface area contributed by atoms with Crippen molar-refractivity contribution in [3.63, 3.8) is 0 Å². The van der Waals surface area contributed by atoms with E-state index in [-0.39, 0.29) is 17.7 Å². The maximum absolute atomic E-state index is 13.9. The van der Waals surface area contributed by atoms with Crippen LogP contribution < -0.4 is 0 Å². The van der Waals surface area contributed by atoms with Gasteiger partial charge in [-0.1, -0.05) is 18.2 Å². The van der Waals surface area contributed by atoms with Crippen molar-refractivity contribution in [1.29, 1.82) is 5.26 Å². The molecule has 1 aromatic heterocycles. The molecule has 2 aromatic carbocycles. The summed E-state index contributed by atoms with van der Waals surface area (Å²) < 4.78 is 21.6. The summed E-state index contributed by atoms with van der Waals surface area (Å²) in [7, 11) is 0. The third-order valence-electron chi connectivity index (χ3n) is 6.79. The van der Waals surface area contributed by atoms with Crippen molar-refractivity contribution in [2.45, 2.75) is 25.2 Å². The highest BCUT2D eigenvalue weighted by Gasteiger charge is 2.35. The molecule has 1 N–H and O–H groups in total. The van der Waals surface area contributed by atoms with E-state index in [9.17, 15) is 14.8 Å². The molecule has 3 aromatic rings. The summed E-state index contributed by atoms with van der Waals surface area (Å²) in [5.74, 6) is -0.492. The summed E-state index contributed by atoms with van der Waals surface area (Å²) in [6, 6.07) is 12.8. The standard InChI is InChI=1S/C24H26FN7O2/c1-16-20(5-6-22(25)21(16)10-26)24-13-31-8-7-30(11-19(31)14-34-24)12-23(33)17-3-2-4-18(9-17)32-15-27-28-29-32/h2-6,9,15,19,23-24,33H,7-8,11-14H2,1H3/t19-,23?,24+/m1/s1. The van der Waals surface area contributed by atoms with Crippen LogP contribution in [-0.2, 0) is 4.74 Å². The van der Waals surface area contributed by atoms with Gasteiger partial charge in [0.1, 0.15) is 18.2 Å². The summed E-state index contributed by atoms with van der Waals surface area (Å²) in [4.78, 5) is 4.65. The van der Waals surface area contributed by atoms with Gasteiger partial charge < -0.3 is 9.84 Å². The zero-order valence-corrected chi connectivity index (χ0v) is 18.9. The number of nitriles is 1. The number of aliphatic hydroxyl groups excluding tert-OH is 1. The minimum Gasteiger partial charge on any atom is -0.387 e. The van der Waals surface area contributed by atoms with Gasteiger partial charge in [-0.3, -0.25) is 9.80 Å². The first-order valence-corrected chi connectivity index (χ1v) is 11.3. The van der Waals surface area contributed by atoms with Crippen LogP contribution in [0.5, 0.6) is 0 Å². The van der Waals surface area contributed by atoms with Crippen LogP contribution in [0.15, 0.2) is 42.7 Å². The number of benzene rings is 2. The van der Waals surface area contributed by atoms with Crippen molar-refractivity contribution in [3.8, 4) is 11.8 Å². The average Bonchev–Trinajstić information content (AvgIpc) is 3.39. The van der Waals surface area contributed by atoms with Crippen LogP contribution in [0.2, 0.25) is 0 Å². The highest BCUT2D eigenvalue weighted by atomic mass is 19.1. The van der Waals surface area contributed by atoms with Gasteiger partial charge in [0.05, 0.1) is 30.1 Å². The molecule has 2 aliphatic heterocycles. The van der Waals surface area contributed by atoms with Crippen LogP contribution >= 0.6 is 0 Å². The molecule has 2 saturated heterocycles. The summed E-state index contributed by atoms with van der Waals surface area (Å²) >= 11 is 0. The van der Waals surface area contributed by atoms with Gasteiger partial charge in [-0.2, -0.15) is 5.26 Å². The number of β-amino-alcohol motifs (C(OH)–C–C–N with tert-alkyl or cyclic N) is 1. The second-order valence-electron chi connectivity index (χ2n) is 8.84. The molecule has 0 amide bonds. The van der Waals surface area contributed by atoms with Gasteiger partial charge in [0.2, 0.25) is 0 Å². The lowest BCUT2D eigenvalue weighted by molar-refractivity contribution is -0.0939. The molecule has 2 fully saturated rings. The van der Waals surface area contributed by atoms with Crippen LogP contribution in [0.25, 0.3) is 5.69 Å². The Morgan fingerprint density at radius 1 is 1.26 bits per heavy atom. The first-order chi connectivity index (χ1) is 16.5. The third kappa shape index (κ3) is 4.43. The Labute approximate surface area is 197 Å². The summed E-state index contributed by atoms with van der Waals surface area (Å²) in [6.45, 7) is 6.03. The van der Waals surface area contributed by atoms with Gasteiger partial charge in [0.25, 0.3) is 0 Å². The normalized spacial score (nSPS) is 22.2. The first kappa shape index (κ1) is 22.6. The monoisotopic (exact) mass is 463 g/mol. The van der Waals surface area contributed by atoms with Crippen molar-refractivity contribution in [2.75, 3.05) is 39.3 Å². The van der Waals surface area contributed by atoms with Crippen LogP contribution in [0.3, 0.4) is 0 Å². The molecule has 0 bridgehead atoms. The summed E-state index contributed by atoms with van der Waals surface area (Å²) in [6.07, 6.45) is 0.705. The highest BCUT2D eigenvalue weighted by molar-refractivity contribution is 5.44. The topological polar surface area (TPSA) is 103 Å². The molecule has 0 aliphatic carbocycles. The largest absolute Gasteiger partial charge is 0.387 e. The van der Waals surface area contributed by atoms with Crippen LogP contribution in [0.4, 0.5) is 4.39 Å². The molecule has 176 valence electrons. The quantitative estimate of drug-likeness (QED) is 0.611. The minimum atomic E-state index is -0.633. The number of tetrazole rings is 1. The van der Waals surface area contributed by atoms with E-state index in [0.29, 0.717) is 25.3 Å². The molecule has 0 radical (unpaired) electrons. The average molecular weight is 464 g/mol. The number of piperazine rings is 1. The maximum atomic E-state index is 13.9. The van der Waals surface area contributed by atoms with Crippen LogP contribution in [-0.4, -0.2) is 80.5 Å². The van der Waals surface area contributed by atoms with E-state index in [4.69, 9.17) is 4.74 Å². The summed E-state index contributed by atoms with van der Waals surface area (Å²) in [5.41, 5.74) is 3.23. The molecular weight excluding hydrogens is 437 g/mol. The fourth-order valence-electron chi connectivity index (χ4n) is 4.89. The number of halogens is 1. The SMILES string of the molecule is Cc1c([C@@H]2CN3CCN(CC(O)c4cccc(-n5cnnn5)c4)C[C@@H]3CO2)ccc(F)c1C#N. The van der Waals surface area contributed by atoms with Crippen LogP contribution in [0, 0.1) is 24.1 Å². The number of nitrogens with zero attached hydrogens (tertiary/aromatic N) is 7. The molecule has 0 saturated carbocycles. The Morgan fingerprint density at radius 2 is 2.15 bits per heavy atom. The molecule has 3 atom stereocenters. The molecule has 10 heteroatoms. The lowest BCUT2D eigenvalue weighted by Gasteiger charge is -2.46. The van der Waals surface area contributed by atoms with E-state index >= 15 is 0 Å². The number of hydrogen-bond acceptors (Lipinski definition) is 8. The Morgan fingerprint density at radius 3 is 2.94 bits per heavy atom. The fourth-order valence-corrected chi connectivity index (χ4v) is 4.89. The van der Waals surface area contributed by atoms with Gasteiger partial charge in [0, 0.05) is 38.8 Å². The number of ether oxygens (including phenoxy) is 1. The lowest BCUT2D eigenvalue weighted by Crippen LogP contribution is -2.58. The number of aliphatic hydroxyl groups is 1. The maximum Gasteiger partial charge on any atom is 0.143 e. The molecule has 9 nitrogen and oxygen atoms in total. The molecule has 34 heavy (non-hydrogen) atoms. The predicted molar refractivity (Wildman–Crippen MR) is 120 cm³/mol. The number of aromatic nitrogens is 4. The van der Waals surface area contributed by atoms with E-state index < -0.39 is 11.9 Å². The van der Waals surface area contributed by atoms with Gasteiger partial charge in [0.15, 0.2) is 0 Å². The fraction of sp³-hybridized carbons (Fsp3) is 0.417. The Balaban J connectivity index is 1.21. The second-order valence-corrected chi connectivity index (χ2v) is 8.84. The zero-order chi connectivity index (χ0) is 23.7. The Kier molecular flexibility index (Phi) is 6.34. The van der Waals surface area contributed by atoms with Crippen molar-refractivity contribution >= 4 is 0 Å². The first-order valence-electron chi connectivity index (χ1n) is 11.3. The Bertz CT molecular complexity index is 1200. The smallest absolute Gasteiger partial charge is 0.143 e. The van der Waals surface area contributed by atoms with E-state index in [2.05, 4.69) is 25.3 Å². The van der Waals surface area contributed by atoms with Gasteiger partial charge in [-0.25, -0.2) is 9.07 Å². The molecule has 1 unspecified atom stereocenters. The third-order valence-corrected chi connectivity index (χ3v) is 6.79. The summed E-state index contributed by atoms with van der Waals surface area (Å²) in [5, 5.41) is 31.4. The van der Waals surface area contributed by atoms with Gasteiger partial charge >= 0.3 is 0 Å². The van der Waals surface area contributed by atoms with Crippen molar-refractivity contribution < 1.29 is 14.2 Å². The highest BCUT2D eigenvalue weighted by Crippen LogP contribution is 2.31. The van der Waals surface area contributed by atoms with Crippen LogP contribution in [0.1, 0.15) is 34.5 Å². The second kappa shape index (κ2) is 9.56. The molecular formula is C24H26FN7O2. The van der Waals surface area contributed by atoms with Crippen molar-refractivity contribution in [3.05, 3.63) is 70.8 Å².